The molecule has 2 N–H and O–H groups in total. The van der Waals surface area contributed by atoms with Crippen molar-refractivity contribution in [1.82, 2.24) is 10.9 Å². The van der Waals surface area contributed by atoms with E-state index in [1.807, 2.05) is 39.0 Å². The molecule has 0 saturated carbocycles. The van der Waals surface area contributed by atoms with Gasteiger partial charge >= 0.3 is 0 Å². The minimum atomic E-state index is -0.486. The quantitative estimate of drug-likeness (QED) is 0.760. The van der Waals surface area contributed by atoms with Crippen LogP contribution in [0.3, 0.4) is 0 Å². The summed E-state index contributed by atoms with van der Waals surface area (Å²) in [5.41, 5.74) is 7.26. The Hall–Kier alpha value is -2.73. The summed E-state index contributed by atoms with van der Waals surface area (Å²) in [7, 11) is 0. The molecule has 26 heavy (non-hydrogen) atoms. The van der Waals surface area contributed by atoms with E-state index in [-0.39, 0.29) is 13.2 Å². The molecule has 7 heteroatoms. The van der Waals surface area contributed by atoms with E-state index >= 15 is 0 Å². The Bertz CT molecular complexity index is 788. The molecule has 138 valence electrons. The lowest BCUT2D eigenvalue weighted by molar-refractivity contribution is -0.131. The summed E-state index contributed by atoms with van der Waals surface area (Å²) in [5.74, 6) is 0.258. The Labute approximate surface area is 157 Å². The van der Waals surface area contributed by atoms with Crippen LogP contribution in [-0.4, -0.2) is 25.0 Å². The second kappa shape index (κ2) is 9.10. The Morgan fingerprint density at radius 2 is 1.46 bits per heavy atom. The van der Waals surface area contributed by atoms with Crippen molar-refractivity contribution in [2.24, 2.45) is 0 Å². The van der Waals surface area contributed by atoms with Crippen molar-refractivity contribution in [3.8, 4) is 11.5 Å². The van der Waals surface area contributed by atoms with Crippen molar-refractivity contribution in [2.75, 3.05) is 13.2 Å². The molecular formula is C19H21ClN2O4. The summed E-state index contributed by atoms with van der Waals surface area (Å²) < 4.78 is 10.9. The molecule has 0 spiro atoms. The van der Waals surface area contributed by atoms with Gasteiger partial charge in [0.05, 0.1) is 0 Å². The molecule has 0 aromatic heterocycles. The minimum Gasteiger partial charge on any atom is -0.483 e. The van der Waals surface area contributed by atoms with Crippen LogP contribution in [0.25, 0.3) is 0 Å². The first-order chi connectivity index (χ1) is 12.4. The van der Waals surface area contributed by atoms with E-state index in [2.05, 4.69) is 10.9 Å². The molecule has 0 unspecified atom stereocenters. The van der Waals surface area contributed by atoms with Crippen molar-refractivity contribution in [3.63, 3.8) is 0 Å². The first-order valence-electron chi connectivity index (χ1n) is 8.02. The molecule has 0 fully saturated rings. The number of aryl methyl sites for hydroxylation is 3. The highest BCUT2D eigenvalue weighted by molar-refractivity contribution is 6.30. The van der Waals surface area contributed by atoms with Crippen LogP contribution < -0.4 is 20.3 Å². The number of nitrogens with one attached hydrogen (secondary N) is 2. The van der Waals surface area contributed by atoms with E-state index in [4.69, 9.17) is 21.1 Å². The molecule has 2 rings (SSSR count). The lowest BCUT2D eigenvalue weighted by Gasteiger charge is -2.13. The van der Waals surface area contributed by atoms with Gasteiger partial charge in [0.15, 0.2) is 13.2 Å². The summed E-state index contributed by atoms with van der Waals surface area (Å²) in [6, 6.07) is 10.8. The average Bonchev–Trinajstić information content (AvgIpc) is 2.58. The van der Waals surface area contributed by atoms with Crippen molar-refractivity contribution in [2.45, 2.75) is 20.8 Å². The smallest absolute Gasteiger partial charge is 0.276 e. The summed E-state index contributed by atoms with van der Waals surface area (Å²) >= 11 is 5.86. The molecule has 2 amide bonds. The first-order valence-corrected chi connectivity index (χ1v) is 8.40. The number of rotatable bonds is 6. The molecule has 2 aromatic rings. The zero-order valence-corrected chi connectivity index (χ0v) is 15.6. The van der Waals surface area contributed by atoms with Gasteiger partial charge in [-0.25, -0.2) is 0 Å². The highest BCUT2D eigenvalue weighted by atomic mass is 35.5. The number of benzene rings is 2. The second-order valence-corrected chi connectivity index (χ2v) is 6.24. The maximum absolute atomic E-state index is 11.8. The SMILES string of the molecule is Cc1cc(Cl)ccc1OCC(=O)NNC(=O)COc1c(C)cccc1C. The van der Waals surface area contributed by atoms with Crippen LogP contribution in [0.4, 0.5) is 0 Å². The van der Waals surface area contributed by atoms with Gasteiger partial charge in [0.1, 0.15) is 11.5 Å². The van der Waals surface area contributed by atoms with Gasteiger partial charge in [-0.3, -0.25) is 20.4 Å². The third-order valence-electron chi connectivity index (χ3n) is 3.59. The number of carbonyl (C=O) groups is 2. The van der Waals surface area contributed by atoms with Gasteiger partial charge in [-0.05, 0) is 55.7 Å². The van der Waals surface area contributed by atoms with Gasteiger partial charge in [0.25, 0.3) is 11.8 Å². The maximum atomic E-state index is 11.8. The molecule has 0 saturated heterocycles. The average molecular weight is 377 g/mol. The molecule has 0 aliphatic heterocycles. The van der Waals surface area contributed by atoms with Crippen molar-refractivity contribution in [1.29, 1.82) is 0 Å². The topological polar surface area (TPSA) is 76.7 Å². The van der Waals surface area contributed by atoms with Crippen molar-refractivity contribution < 1.29 is 19.1 Å². The van der Waals surface area contributed by atoms with Gasteiger partial charge in [-0.15, -0.1) is 0 Å². The number of carbonyl (C=O) groups excluding carboxylic acids is 2. The zero-order chi connectivity index (χ0) is 19.1. The monoisotopic (exact) mass is 376 g/mol. The molecule has 0 aliphatic rings. The number of hydrogen-bond donors (Lipinski definition) is 2. The van der Waals surface area contributed by atoms with Crippen LogP contribution in [0.2, 0.25) is 5.02 Å². The minimum absolute atomic E-state index is 0.205. The highest BCUT2D eigenvalue weighted by Gasteiger charge is 2.09. The van der Waals surface area contributed by atoms with Crippen LogP contribution in [0, 0.1) is 20.8 Å². The standard InChI is InChI=1S/C19H21ClN2O4/c1-12-5-4-6-13(2)19(12)26-11-18(24)22-21-17(23)10-25-16-8-7-15(20)9-14(16)3/h4-9H,10-11H2,1-3H3,(H,21,23)(H,22,24). The normalized spacial score (nSPS) is 10.2. The fourth-order valence-corrected chi connectivity index (χ4v) is 2.52. The van der Waals surface area contributed by atoms with Crippen LogP contribution in [0.1, 0.15) is 16.7 Å². The van der Waals surface area contributed by atoms with E-state index in [1.165, 1.54) is 0 Å². The number of amides is 2. The van der Waals surface area contributed by atoms with E-state index < -0.39 is 11.8 Å². The molecule has 0 aliphatic carbocycles. The first kappa shape index (κ1) is 19.6. The Morgan fingerprint density at radius 1 is 0.885 bits per heavy atom. The van der Waals surface area contributed by atoms with E-state index in [0.29, 0.717) is 16.5 Å². The molecular weight excluding hydrogens is 356 g/mol. The van der Waals surface area contributed by atoms with E-state index in [9.17, 15) is 9.59 Å². The number of hydrogen-bond acceptors (Lipinski definition) is 4. The molecule has 0 bridgehead atoms. The number of halogens is 1. The van der Waals surface area contributed by atoms with Crippen molar-refractivity contribution in [3.05, 3.63) is 58.1 Å². The molecule has 0 heterocycles. The largest absolute Gasteiger partial charge is 0.483 e. The summed E-state index contributed by atoms with van der Waals surface area (Å²) in [6.07, 6.45) is 0. The molecule has 0 atom stereocenters. The second-order valence-electron chi connectivity index (χ2n) is 5.80. The number of para-hydroxylation sites is 1. The van der Waals surface area contributed by atoms with Crippen LogP contribution in [0.5, 0.6) is 11.5 Å². The number of hydrazine groups is 1. The predicted octanol–water partition coefficient (Wildman–Crippen LogP) is 2.87. The third-order valence-corrected chi connectivity index (χ3v) is 3.83. The van der Waals surface area contributed by atoms with Gasteiger partial charge in [-0.1, -0.05) is 29.8 Å². The maximum Gasteiger partial charge on any atom is 0.276 e. The summed E-state index contributed by atoms with van der Waals surface area (Å²) in [5, 5.41) is 0.593. The Kier molecular flexibility index (Phi) is 6.86. The van der Waals surface area contributed by atoms with E-state index in [1.54, 1.807) is 18.2 Å². The fourth-order valence-electron chi connectivity index (χ4n) is 2.29. The van der Waals surface area contributed by atoms with Gasteiger partial charge in [0, 0.05) is 5.02 Å². The highest BCUT2D eigenvalue weighted by Crippen LogP contribution is 2.22. The Morgan fingerprint density at radius 3 is 2.04 bits per heavy atom. The number of ether oxygens (including phenoxy) is 2. The zero-order valence-electron chi connectivity index (χ0n) is 14.9. The lowest BCUT2D eigenvalue weighted by Crippen LogP contribution is -2.45. The summed E-state index contributed by atoms with van der Waals surface area (Å²) in [6.45, 7) is 5.19. The molecule has 2 aromatic carbocycles. The van der Waals surface area contributed by atoms with Gasteiger partial charge < -0.3 is 9.47 Å². The van der Waals surface area contributed by atoms with Crippen LogP contribution in [-0.2, 0) is 9.59 Å². The molecule has 0 radical (unpaired) electrons. The van der Waals surface area contributed by atoms with Crippen molar-refractivity contribution >= 4 is 23.4 Å². The van der Waals surface area contributed by atoms with E-state index in [0.717, 1.165) is 16.7 Å². The fraction of sp³-hybridized carbons (Fsp3) is 0.263. The summed E-state index contributed by atoms with van der Waals surface area (Å²) in [4.78, 5) is 23.6. The molecule has 6 nitrogen and oxygen atoms in total. The Balaban J connectivity index is 1.74. The third kappa shape index (κ3) is 5.67. The predicted molar refractivity (Wildman–Crippen MR) is 99.4 cm³/mol. The van der Waals surface area contributed by atoms with Crippen LogP contribution in [0.15, 0.2) is 36.4 Å². The van der Waals surface area contributed by atoms with Gasteiger partial charge in [-0.2, -0.15) is 0 Å². The van der Waals surface area contributed by atoms with Crippen LogP contribution >= 0.6 is 11.6 Å². The van der Waals surface area contributed by atoms with Gasteiger partial charge in [0.2, 0.25) is 0 Å². The lowest BCUT2D eigenvalue weighted by atomic mass is 10.1.